The smallest absolute Gasteiger partial charge is 0.269 e. The number of rotatable bonds is 9. The molecule has 0 bridgehead atoms. The van der Waals surface area contributed by atoms with Crippen LogP contribution in [0.25, 0.3) is 0 Å². The van der Waals surface area contributed by atoms with Crippen molar-refractivity contribution in [2.24, 2.45) is 0 Å². The molecule has 178 valence electrons. The Balaban J connectivity index is 1.63. The maximum atomic E-state index is 12.8. The summed E-state index contributed by atoms with van der Waals surface area (Å²) in [5.41, 5.74) is 13.6. The van der Waals surface area contributed by atoms with E-state index in [9.17, 15) is 9.59 Å². The molecular weight excluding hydrogens is 424 g/mol. The van der Waals surface area contributed by atoms with E-state index in [1.165, 1.54) is 5.56 Å². The first-order valence-electron chi connectivity index (χ1n) is 11.2. The molecule has 2 aromatic carbocycles. The molecule has 0 radical (unpaired) electrons. The summed E-state index contributed by atoms with van der Waals surface area (Å²) >= 11 is 0. The lowest BCUT2D eigenvalue weighted by atomic mass is 10.0. The summed E-state index contributed by atoms with van der Waals surface area (Å²) in [5.74, 6) is 0.430. The van der Waals surface area contributed by atoms with E-state index < -0.39 is 11.9 Å². The van der Waals surface area contributed by atoms with Gasteiger partial charge in [-0.2, -0.15) is 0 Å². The maximum Gasteiger partial charge on any atom is 0.269 e. The van der Waals surface area contributed by atoms with Crippen LogP contribution < -0.4 is 35.9 Å². The first kappa shape index (κ1) is 24.3. The van der Waals surface area contributed by atoms with Gasteiger partial charge in [-0.15, -0.1) is 0 Å². The van der Waals surface area contributed by atoms with Crippen LogP contribution in [0.2, 0.25) is 0 Å². The Morgan fingerprint density at radius 1 is 0.909 bits per heavy atom. The van der Waals surface area contributed by atoms with Crippen LogP contribution >= 0.6 is 0 Å². The standard InChI is InChI=1S/C24H32N4O5/c1-5-31-20-12-17(13-21(32-6-2)22(20)33-7-3)23(29)27-28-24(30)19-14-18(25-26-19)16-10-8-15(4)9-11-16/h8-13,18-19,25-26H,5-7,14H2,1-4H3,(H,27,29)(H,28,30). The number of hydrazine groups is 2. The zero-order valence-corrected chi connectivity index (χ0v) is 19.5. The van der Waals surface area contributed by atoms with Crippen LogP contribution in [-0.4, -0.2) is 37.7 Å². The van der Waals surface area contributed by atoms with Gasteiger partial charge in [-0.25, -0.2) is 10.9 Å². The second-order valence-corrected chi connectivity index (χ2v) is 7.58. The second kappa shape index (κ2) is 11.5. The summed E-state index contributed by atoms with van der Waals surface area (Å²) in [5, 5.41) is 0. The Bertz CT molecular complexity index is 937. The molecule has 1 fully saturated rings. The van der Waals surface area contributed by atoms with Crippen LogP contribution in [0.5, 0.6) is 17.2 Å². The lowest BCUT2D eigenvalue weighted by Gasteiger charge is -2.17. The van der Waals surface area contributed by atoms with Gasteiger partial charge in [0.15, 0.2) is 11.5 Å². The number of nitrogens with one attached hydrogen (secondary N) is 4. The van der Waals surface area contributed by atoms with Crippen LogP contribution in [0.4, 0.5) is 0 Å². The van der Waals surface area contributed by atoms with E-state index in [1.807, 2.05) is 52.0 Å². The van der Waals surface area contributed by atoms with Gasteiger partial charge in [0.1, 0.15) is 6.04 Å². The van der Waals surface area contributed by atoms with Gasteiger partial charge in [-0.1, -0.05) is 29.8 Å². The van der Waals surface area contributed by atoms with Gasteiger partial charge in [0.2, 0.25) is 5.75 Å². The van der Waals surface area contributed by atoms with Gasteiger partial charge in [0.05, 0.1) is 19.8 Å². The summed E-state index contributed by atoms with van der Waals surface area (Å²) in [6.45, 7) is 8.80. The van der Waals surface area contributed by atoms with E-state index in [-0.39, 0.29) is 17.5 Å². The number of benzene rings is 2. The number of hydrogen-bond acceptors (Lipinski definition) is 7. The average Bonchev–Trinajstić information content (AvgIpc) is 3.30. The maximum absolute atomic E-state index is 12.8. The quantitative estimate of drug-likeness (QED) is 0.429. The SMILES string of the molecule is CCOc1cc(C(=O)NNC(=O)C2CC(c3ccc(C)cc3)NN2)cc(OCC)c1OCC. The highest BCUT2D eigenvalue weighted by Gasteiger charge is 2.30. The number of carbonyl (C=O) groups excluding carboxylic acids is 2. The summed E-state index contributed by atoms with van der Waals surface area (Å²) in [6, 6.07) is 10.8. The third-order valence-corrected chi connectivity index (χ3v) is 5.17. The highest BCUT2D eigenvalue weighted by atomic mass is 16.5. The first-order chi connectivity index (χ1) is 16.0. The van der Waals surface area contributed by atoms with Gasteiger partial charge in [0.25, 0.3) is 11.8 Å². The monoisotopic (exact) mass is 456 g/mol. The lowest BCUT2D eigenvalue weighted by molar-refractivity contribution is -0.123. The van der Waals surface area contributed by atoms with Crippen LogP contribution in [0, 0.1) is 6.92 Å². The molecule has 1 aliphatic heterocycles. The van der Waals surface area contributed by atoms with Gasteiger partial charge >= 0.3 is 0 Å². The molecule has 3 rings (SSSR count). The number of amides is 2. The van der Waals surface area contributed by atoms with Crippen LogP contribution in [0.3, 0.4) is 0 Å². The minimum Gasteiger partial charge on any atom is -0.490 e. The zero-order chi connectivity index (χ0) is 23.8. The minimum atomic E-state index is -0.491. The van der Waals surface area contributed by atoms with Gasteiger partial charge < -0.3 is 14.2 Å². The second-order valence-electron chi connectivity index (χ2n) is 7.58. The van der Waals surface area contributed by atoms with Crippen molar-refractivity contribution in [2.75, 3.05) is 19.8 Å². The molecule has 0 spiro atoms. The first-order valence-corrected chi connectivity index (χ1v) is 11.2. The summed E-state index contributed by atoms with van der Waals surface area (Å²) in [4.78, 5) is 25.3. The number of ether oxygens (including phenoxy) is 3. The van der Waals surface area contributed by atoms with Crippen molar-refractivity contribution < 1.29 is 23.8 Å². The molecule has 0 aromatic heterocycles. The summed E-state index contributed by atoms with van der Waals surface area (Å²) in [7, 11) is 0. The predicted octanol–water partition coefficient (Wildman–Crippen LogP) is 2.56. The fourth-order valence-corrected chi connectivity index (χ4v) is 3.54. The Morgan fingerprint density at radius 3 is 2.09 bits per heavy atom. The summed E-state index contributed by atoms with van der Waals surface area (Å²) < 4.78 is 16.9. The molecule has 4 N–H and O–H groups in total. The molecule has 2 atom stereocenters. The number of aryl methyl sites for hydroxylation is 1. The Kier molecular flexibility index (Phi) is 8.51. The van der Waals surface area contributed by atoms with Crippen molar-refractivity contribution in [3.63, 3.8) is 0 Å². The van der Waals surface area contributed by atoms with E-state index in [0.717, 1.165) is 5.56 Å². The molecule has 0 saturated carbocycles. The molecule has 1 saturated heterocycles. The van der Waals surface area contributed by atoms with Gasteiger partial charge in [0, 0.05) is 11.6 Å². The molecule has 0 aliphatic carbocycles. The number of hydrogen-bond donors (Lipinski definition) is 4. The van der Waals surface area contributed by atoms with E-state index in [1.54, 1.807) is 12.1 Å². The van der Waals surface area contributed by atoms with Crippen LogP contribution in [-0.2, 0) is 4.79 Å². The van der Waals surface area contributed by atoms with Crippen molar-refractivity contribution in [2.45, 2.75) is 46.2 Å². The molecule has 2 amide bonds. The Morgan fingerprint density at radius 2 is 1.52 bits per heavy atom. The molecule has 9 heteroatoms. The van der Waals surface area contributed by atoms with Crippen molar-refractivity contribution >= 4 is 11.8 Å². The lowest BCUT2D eigenvalue weighted by Crippen LogP contribution is -2.50. The van der Waals surface area contributed by atoms with E-state index in [0.29, 0.717) is 43.5 Å². The molecular formula is C24H32N4O5. The fraction of sp³-hybridized carbons (Fsp3) is 0.417. The highest BCUT2D eigenvalue weighted by molar-refractivity contribution is 5.97. The molecule has 2 aromatic rings. The Labute approximate surface area is 194 Å². The van der Waals surface area contributed by atoms with Crippen LogP contribution in [0.15, 0.2) is 36.4 Å². The van der Waals surface area contributed by atoms with Crippen molar-refractivity contribution in [3.05, 3.63) is 53.1 Å². The molecule has 33 heavy (non-hydrogen) atoms. The topological polar surface area (TPSA) is 110 Å². The largest absolute Gasteiger partial charge is 0.490 e. The predicted molar refractivity (Wildman–Crippen MR) is 124 cm³/mol. The fourth-order valence-electron chi connectivity index (χ4n) is 3.54. The van der Waals surface area contributed by atoms with E-state index >= 15 is 0 Å². The van der Waals surface area contributed by atoms with E-state index in [2.05, 4.69) is 21.7 Å². The molecule has 1 aliphatic rings. The minimum absolute atomic E-state index is 0.00524. The third kappa shape index (κ3) is 6.15. The zero-order valence-electron chi connectivity index (χ0n) is 19.5. The molecule has 1 heterocycles. The summed E-state index contributed by atoms with van der Waals surface area (Å²) in [6.07, 6.45) is 0.552. The van der Waals surface area contributed by atoms with Crippen molar-refractivity contribution in [1.82, 2.24) is 21.7 Å². The average molecular weight is 457 g/mol. The molecule has 9 nitrogen and oxygen atoms in total. The normalized spacial score (nSPS) is 17.3. The Hall–Kier alpha value is -3.30. The van der Waals surface area contributed by atoms with Gasteiger partial charge in [-0.05, 0) is 51.8 Å². The third-order valence-electron chi connectivity index (χ3n) is 5.17. The van der Waals surface area contributed by atoms with Crippen LogP contribution in [0.1, 0.15) is 54.7 Å². The highest BCUT2D eigenvalue weighted by Crippen LogP contribution is 2.39. The van der Waals surface area contributed by atoms with Gasteiger partial charge in [-0.3, -0.25) is 20.4 Å². The number of carbonyl (C=O) groups is 2. The molecule has 2 unspecified atom stereocenters. The van der Waals surface area contributed by atoms with Crippen molar-refractivity contribution in [1.29, 1.82) is 0 Å². The van der Waals surface area contributed by atoms with E-state index in [4.69, 9.17) is 14.2 Å². The van der Waals surface area contributed by atoms with Crippen molar-refractivity contribution in [3.8, 4) is 17.2 Å².